The molecule has 2 atom stereocenters. The summed E-state index contributed by atoms with van der Waals surface area (Å²) in [5.41, 5.74) is 0. The van der Waals surface area contributed by atoms with Crippen LogP contribution in [0.25, 0.3) is 0 Å². The maximum Gasteiger partial charge on any atom is 0.321 e. The van der Waals surface area contributed by atoms with Gasteiger partial charge in [0, 0.05) is 19.7 Å². The second-order valence-corrected chi connectivity index (χ2v) is 7.54. The molecule has 0 radical (unpaired) electrons. The fraction of sp³-hybridized carbons (Fsp3) is 0.917. The highest BCUT2D eigenvalue weighted by Crippen LogP contribution is 2.23. The number of sulfone groups is 1. The van der Waals surface area contributed by atoms with Gasteiger partial charge < -0.3 is 9.84 Å². The first-order valence-electron chi connectivity index (χ1n) is 6.46. The zero-order valence-electron chi connectivity index (χ0n) is 11.7. The lowest BCUT2D eigenvalue weighted by Gasteiger charge is -2.35. The van der Waals surface area contributed by atoms with Crippen molar-refractivity contribution in [3.05, 3.63) is 0 Å². The maximum absolute atomic E-state index is 11.6. The molecule has 0 aromatic rings. The van der Waals surface area contributed by atoms with Crippen LogP contribution in [0.3, 0.4) is 0 Å². The number of hydrogen-bond donors (Lipinski definition) is 1. The maximum atomic E-state index is 11.6. The van der Waals surface area contributed by atoms with Crippen molar-refractivity contribution in [1.82, 2.24) is 4.90 Å². The molecule has 2 unspecified atom stereocenters. The topological polar surface area (TPSA) is 83.9 Å². The average Bonchev–Trinajstić information content (AvgIpc) is 2.63. The highest BCUT2D eigenvalue weighted by Gasteiger charge is 2.39. The Kier molecular flexibility index (Phi) is 5.76. The molecule has 0 aromatic carbocycles. The highest BCUT2D eigenvalue weighted by molar-refractivity contribution is 7.91. The number of aliphatic carboxylic acids is 1. The van der Waals surface area contributed by atoms with Gasteiger partial charge in [0.05, 0.1) is 18.1 Å². The van der Waals surface area contributed by atoms with Crippen LogP contribution in [0.1, 0.15) is 20.3 Å². The monoisotopic (exact) mass is 293 g/mol. The van der Waals surface area contributed by atoms with Gasteiger partial charge in [-0.05, 0) is 12.3 Å². The van der Waals surface area contributed by atoms with Crippen molar-refractivity contribution >= 4 is 15.8 Å². The van der Waals surface area contributed by atoms with Crippen LogP contribution in [0.5, 0.6) is 0 Å². The van der Waals surface area contributed by atoms with E-state index in [-0.39, 0.29) is 23.5 Å². The van der Waals surface area contributed by atoms with E-state index in [4.69, 9.17) is 4.74 Å². The summed E-state index contributed by atoms with van der Waals surface area (Å²) in [7, 11) is -1.48. The van der Waals surface area contributed by atoms with Crippen LogP contribution in [-0.4, -0.2) is 68.2 Å². The van der Waals surface area contributed by atoms with E-state index in [1.165, 1.54) is 0 Å². The zero-order valence-corrected chi connectivity index (χ0v) is 12.5. The van der Waals surface area contributed by atoms with Crippen LogP contribution in [0.2, 0.25) is 0 Å². The summed E-state index contributed by atoms with van der Waals surface area (Å²) in [6, 6.07) is -0.892. The number of methoxy groups -OCH3 is 1. The highest BCUT2D eigenvalue weighted by atomic mass is 32.2. The summed E-state index contributed by atoms with van der Waals surface area (Å²) in [4.78, 5) is 13.2. The minimum atomic E-state index is -3.03. The van der Waals surface area contributed by atoms with E-state index in [0.717, 1.165) is 0 Å². The van der Waals surface area contributed by atoms with Crippen molar-refractivity contribution in [2.75, 3.05) is 31.8 Å². The Morgan fingerprint density at radius 1 is 1.47 bits per heavy atom. The molecule has 0 amide bonds. The zero-order chi connectivity index (χ0) is 14.6. The molecule has 7 heteroatoms. The van der Waals surface area contributed by atoms with Crippen molar-refractivity contribution in [2.24, 2.45) is 5.92 Å². The van der Waals surface area contributed by atoms with Gasteiger partial charge in [0.15, 0.2) is 9.84 Å². The van der Waals surface area contributed by atoms with Crippen molar-refractivity contribution in [3.63, 3.8) is 0 Å². The first kappa shape index (κ1) is 16.4. The molecule has 1 fully saturated rings. The summed E-state index contributed by atoms with van der Waals surface area (Å²) in [5, 5.41) is 9.37. The minimum absolute atomic E-state index is 0.0488. The van der Waals surface area contributed by atoms with Gasteiger partial charge in [-0.25, -0.2) is 8.42 Å². The van der Waals surface area contributed by atoms with E-state index in [2.05, 4.69) is 0 Å². The number of carboxylic acids is 1. The molecule has 1 aliphatic heterocycles. The van der Waals surface area contributed by atoms with E-state index in [1.807, 2.05) is 13.8 Å². The molecule has 112 valence electrons. The predicted molar refractivity (Wildman–Crippen MR) is 71.9 cm³/mol. The molecule has 1 heterocycles. The molecule has 0 aromatic heterocycles. The molecule has 6 nitrogen and oxygen atoms in total. The van der Waals surface area contributed by atoms with E-state index in [0.29, 0.717) is 19.6 Å². The van der Waals surface area contributed by atoms with Gasteiger partial charge in [-0.2, -0.15) is 0 Å². The van der Waals surface area contributed by atoms with Crippen LogP contribution in [0.4, 0.5) is 0 Å². The lowest BCUT2D eigenvalue weighted by Crippen LogP contribution is -2.51. The quantitative estimate of drug-likeness (QED) is 0.723. The number of rotatable bonds is 7. The summed E-state index contributed by atoms with van der Waals surface area (Å²) < 4.78 is 28.2. The fourth-order valence-corrected chi connectivity index (χ4v) is 4.33. The number of hydrogen-bond acceptors (Lipinski definition) is 5. The standard InChI is InChI=1S/C12H23NO5S/c1-9(2)11(12(14)15)13(5-6-18-3)10-4-7-19(16,17)8-10/h9-11H,4-8H2,1-3H3,(H,14,15). The number of carbonyl (C=O) groups is 1. The number of ether oxygens (including phenoxy) is 1. The van der Waals surface area contributed by atoms with E-state index < -0.39 is 21.8 Å². The largest absolute Gasteiger partial charge is 0.480 e. The number of carboxylic acid groups (broad SMARTS) is 1. The van der Waals surface area contributed by atoms with Crippen LogP contribution in [0, 0.1) is 5.92 Å². The summed E-state index contributed by atoms with van der Waals surface area (Å²) in [5.74, 6) is -0.799. The second kappa shape index (κ2) is 6.67. The molecule has 0 saturated carbocycles. The lowest BCUT2D eigenvalue weighted by atomic mass is 10.00. The molecule has 19 heavy (non-hydrogen) atoms. The van der Waals surface area contributed by atoms with Gasteiger partial charge in [0.1, 0.15) is 6.04 Å². The van der Waals surface area contributed by atoms with Crippen molar-refractivity contribution in [1.29, 1.82) is 0 Å². The Balaban J connectivity index is 2.90. The Bertz CT molecular complexity index is 406. The first-order chi connectivity index (χ1) is 8.78. The van der Waals surface area contributed by atoms with Gasteiger partial charge in [-0.15, -0.1) is 0 Å². The fourth-order valence-electron chi connectivity index (χ4n) is 2.59. The minimum Gasteiger partial charge on any atom is -0.480 e. The SMILES string of the molecule is COCCN(C1CCS(=O)(=O)C1)C(C(=O)O)C(C)C. The van der Waals surface area contributed by atoms with Gasteiger partial charge in [-0.1, -0.05) is 13.8 Å². The third-order valence-electron chi connectivity index (χ3n) is 3.47. The second-order valence-electron chi connectivity index (χ2n) is 5.31. The summed E-state index contributed by atoms with van der Waals surface area (Å²) in [6.45, 7) is 4.50. The summed E-state index contributed by atoms with van der Waals surface area (Å²) >= 11 is 0. The van der Waals surface area contributed by atoms with Crippen LogP contribution >= 0.6 is 0 Å². The molecular formula is C12H23NO5S. The van der Waals surface area contributed by atoms with Crippen molar-refractivity contribution in [2.45, 2.75) is 32.4 Å². The van der Waals surface area contributed by atoms with Gasteiger partial charge in [0.2, 0.25) is 0 Å². The third kappa shape index (κ3) is 4.43. The predicted octanol–water partition coefficient (Wildman–Crippen LogP) is 0.231. The van der Waals surface area contributed by atoms with Crippen molar-refractivity contribution in [3.8, 4) is 0 Å². The molecule has 0 spiro atoms. The molecule has 1 aliphatic rings. The van der Waals surface area contributed by atoms with Gasteiger partial charge in [-0.3, -0.25) is 9.69 Å². The number of nitrogens with zero attached hydrogens (tertiary/aromatic N) is 1. The smallest absolute Gasteiger partial charge is 0.321 e. The molecule has 1 rings (SSSR count). The molecule has 0 aliphatic carbocycles. The molecule has 1 saturated heterocycles. The third-order valence-corrected chi connectivity index (χ3v) is 5.22. The average molecular weight is 293 g/mol. The Labute approximate surface area is 114 Å². The molecule has 1 N–H and O–H groups in total. The first-order valence-corrected chi connectivity index (χ1v) is 8.28. The normalized spacial score (nSPS) is 23.9. The lowest BCUT2D eigenvalue weighted by molar-refractivity contribution is -0.146. The van der Waals surface area contributed by atoms with Crippen LogP contribution in [0.15, 0.2) is 0 Å². The molecule has 0 bridgehead atoms. The van der Waals surface area contributed by atoms with Gasteiger partial charge in [0.25, 0.3) is 0 Å². The molecular weight excluding hydrogens is 270 g/mol. The van der Waals surface area contributed by atoms with Crippen LogP contribution < -0.4 is 0 Å². The van der Waals surface area contributed by atoms with Crippen molar-refractivity contribution < 1.29 is 23.1 Å². The van der Waals surface area contributed by atoms with Crippen LogP contribution in [-0.2, 0) is 19.4 Å². The van der Waals surface area contributed by atoms with E-state index in [9.17, 15) is 18.3 Å². The Morgan fingerprint density at radius 2 is 2.11 bits per heavy atom. The summed E-state index contributed by atoms with van der Waals surface area (Å²) in [6.07, 6.45) is 0.503. The Morgan fingerprint density at radius 3 is 2.47 bits per heavy atom. The Hall–Kier alpha value is -0.660. The van der Waals surface area contributed by atoms with E-state index >= 15 is 0 Å². The van der Waals surface area contributed by atoms with E-state index in [1.54, 1.807) is 12.0 Å². The van der Waals surface area contributed by atoms with Gasteiger partial charge >= 0.3 is 5.97 Å².